The van der Waals surface area contributed by atoms with Crippen LogP contribution in [0.5, 0.6) is 5.75 Å². The molecule has 0 spiro atoms. The number of hydrogen-bond acceptors (Lipinski definition) is 3. The highest BCUT2D eigenvalue weighted by molar-refractivity contribution is 5.85. The van der Waals surface area contributed by atoms with Crippen LogP contribution in [0.1, 0.15) is 5.56 Å². The standard InChI is InChI=1S/C12H17N3O2.ClH/c1-9-7-10(17-12(16)13-2)5-6-11(9)14-8-15(3)4;/h5-8H,1-4H3,(H,13,16);1H. The summed E-state index contributed by atoms with van der Waals surface area (Å²) >= 11 is 0. The number of nitrogens with one attached hydrogen (secondary N) is 1. The van der Waals surface area contributed by atoms with Crippen molar-refractivity contribution in [3.8, 4) is 5.75 Å². The van der Waals surface area contributed by atoms with Crippen LogP contribution in [-0.4, -0.2) is 38.5 Å². The lowest BCUT2D eigenvalue weighted by Crippen LogP contribution is -2.21. The number of halogens is 1. The van der Waals surface area contributed by atoms with Crippen LogP contribution in [-0.2, 0) is 0 Å². The van der Waals surface area contributed by atoms with Crippen molar-refractivity contribution in [2.75, 3.05) is 21.1 Å². The highest BCUT2D eigenvalue weighted by Crippen LogP contribution is 2.23. The van der Waals surface area contributed by atoms with E-state index < -0.39 is 6.09 Å². The largest absolute Gasteiger partial charge is 0.412 e. The van der Waals surface area contributed by atoms with Crippen molar-refractivity contribution in [1.29, 1.82) is 0 Å². The molecule has 0 aliphatic carbocycles. The molecule has 0 aromatic heterocycles. The maximum Gasteiger partial charge on any atom is 0.412 e. The van der Waals surface area contributed by atoms with Crippen molar-refractivity contribution in [1.82, 2.24) is 10.2 Å². The van der Waals surface area contributed by atoms with Crippen LogP contribution in [0.3, 0.4) is 0 Å². The third-order valence-corrected chi connectivity index (χ3v) is 2.01. The number of nitrogens with zero attached hydrogens (tertiary/aromatic N) is 2. The Morgan fingerprint density at radius 1 is 1.44 bits per heavy atom. The van der Waals surface area contributed by atoms with Crippen molar-refractivity contribution in [2.45, 2.75) is 6.92 Å². The average molecular weight is 272 g/mol. The Balaban J connectivity index is 0.00000289. The van der Waals surface area contributed by atoms with Crippen molar-refractivity contribution >= 4 is 30.5 Å². The first-order valence-corrected chi connectivity index (χ1v) is 5.23. The van der Waals surface area contributed by atoms with Crippen molar-refractivity contribution < 1.29 is 9.53 Å². The van der Waals surface area contributed by atoms with Gasteiger partial charge in [-0.1, -0.05) is 0 Å². The van der Waals surface area contributed by atoms with E-state index in [1.165, 1.54) is 7.05 Å². The number of ether oxygens (including phenoxy) is 1. The molecule has 0 atom stereocenters. The highest BCUT2D eigenvalue weighted by atomic mass is 35.5. The van der Waals surface area contributed by atoms with Gasteiger partial charge in [0, 0.05) is 21.1 Å². The first-order valence-electron chi connectivity index (χ1n) is 5.23. The van der Waals surface area contributed by atoms with Gasteiger partial charge in [0.05, 0.1) is 12.0 Å². The Hall–Kier alpha value is -1.75. The van der Waals surface area contributed by atoms with Crippen LogP contribution in [0.4, 0.5) is 10.5 Å². The summed E-state index contributed by atoms with van der Waals surface area (Å²) in [7, 11) is 5.33. The van der Waals surface area contributed by atoms with E-state index in [0.29, 0.717) is 5.75 Å². The average Bonchev–Trinajstić information content (AvgIpc) is 2.27. The molecule has 0 fully saturated rings. The number of carbonyl (C=O) groups excluding carboxylic acids is 1. The molecule has 1 rings (SSSR count). The van der Waals surface area contributed by atoms with Crippen molar-refractivity contribution in [2.24, 2.45) is 4.99 Å². The summed E-state index contributed by atoms with van der Waals surface area (Å²) in [5, 5.41) is 2.39. The third kappa shape index (κ3) is 5.05. The molecule has 0 saturated carbocycles. The summed E-state index contributed by atoms with van der Waals surface area (Å²) in [4.78, 5) is 17.2. The second-order valence-electron chi connectivity index (χ2n) is 3.80. The van der Waals surface area contributed by atoms with Gasteiger partial charge in [0.25, 0.3) is 0 Å². The van der Waals surface area contributed by atoms with Gasteiger partial charge in [-0.3, -0.25) is 0 Å². The molecule has 0 saturated heterocycles. The fourth-order valence-corrected chi connectivity index (χ4v) is 1.17. The lowest BCUT2D eigenvalue weighted by Gasteiger charge is -2.07. The molecule has 0 bridgehead atoms. The van der Waals surface area contributed by atoms with Crippen LogP contribution in [0, 0.1) is 6.92 Å². The first kappa shape index (κ1) is 16.2. The Morgan fingerprint density at radius 2 is 2.11 bits per heavy atom. The molecule has 100 valence electrons. The van der Waals surface area contributed by atoms with E-state index >= 15 is 0 Å². The predicted molar refractivity (Wildman–Crippen MR) is 75.3 cm³/mol. The molecule has 1 amide bonds. The molecule has 5 nitrogen and oxygen atoms in total. The van der Waals surface area contributed by atoms with E-state index in [0.717, 1.165) is 11.3 Å². The SMILES string of the molecule is CNC(=O)Oc1ccc(N=CN(C)C)c(C)c1.Cl. The third-order valence-electron chi connectivity index (χ3n) is 2.01. The van der Waals surface area contributed by atoms with Gasteiger partial charge in [-0.2, -0.15) is 0 Å². The zero-order valence-electron chi connectivity index (χ0n) is 10.9. The zero-order valence-corrected chi connectivity index (χ0v) is 11.7. The molecule has 1 N–H and O–H groups in total. The molecular formula is C12H18ClN3O2. The molecule has 1 aromatic carbocycles. The number of aryl methyl sites for hydroxylation is 1. The Morgan fingerprint density at radius 3 is 2.61 bits per heavy atom. The Bertz CT molecular complexity index is 433. The van der Waals surface area contributed by atoms with Crippen LogP contribution in [0.15, 0.2) is 23.2 Å². The van der Waals surface area contributed by atoms with E-state index in [1.807, 2.05) is 32.0 Å². The molecule has 18 heavy (non-hydrogen) atoms. The number of aliphatic imine (C=N–C) groups is 1. The van der Waals surface area contributed by atoms with E-state index in [1.54, 1.807) is 18.5 Å². The molecule has 0 radical (unpaired) electrons. The topological polar surface area (TPSA) is 53.9 Å². The summed E-state index contributed by atoms with van der Waals surface area (Å²) in [6, 6.07) is 5.30. The highest BCUT2D eigenvalue weighted by Gasteiger charge is 2.03. The minimum absolute atomic E-state index is 0. The Kier molecular flexibility index (Phi) is 6.82. The summed E-state index contributed by atoms with van der Waals surface area (Å²) in [5.41, 5.74) is 1.80. The molecule has 0 aliphatic heterocycles. The second kappa shape index (κ2) is 7.55. The van der Waals surface area contributed by atoms with Crippen LogP contribution in [0.2, 0.25) is 0 Å². The van der Waals surface area contributed by atoms with E-state index in [2.05, 4.69) is 10.3 Å². The minimum atomic E-state index is -0.478. The van der Waals surface area contributed by atoms with Crippen molar-refractivity contribution in [3.05, 3.63) is 23.8 Å². The summed E-state index contributed by atoms with van der Waals surface area (Å²) < 4.78 is 5.01. The summed E-state index contributed by atoms with van der Waals surface area (Å²) in [5.74, 6) is 0.505. The molecule has 0 heterocycles. The zero-order chi connectivity index (χ0) is 12.8. The molecule has 1 aromatic rings. The number of rotatable bonds is 3. The Labute approximate surface area is 113 Å². The van der Waals surface area contributed by atoms with Crippen LogP contribution in [0.25, 0.3) is 0 Å². The summed E-state index contributed by atoms with van der Waals surface area (Å²) in [6.45, 7) is 1.92. The van der Waals surface area contributed by atoms with Gasteiger partial charge in [-0.25, -0.2) is 9.79 Å². The lowest BCUT2D eigenvalue weighted by molar-refractivity contribution is 0.203. The van der Waals surface area contributed by atoms with Gasteiger partial charge in [-0.15, -0.1) is 12.4 Å². The van der Waals surface area contributed by atoms with E-state index in [9.17, 15) is 4.79 Å². The molecular weight excluding hydrogens is 254 g/mol. The fourth-order valence-electron chi connectivity index (χ4n) is 1.17. The maximum absolute atomic E-state index is 11.0. The van der Waals surface area contributed by atoms with Crippen molar-refractivity contribution in [3.63, 3.8) is 0 Å². The number of amides is 1. The van der Waals surface area contributed by atoms with E-state index in [-0.39, 0.29) is 12.4 Å². The van der Waals surface area contributed by atoms with E-state index in [4.69, 9.17) is 4.74 Å². The molecule has 0 unspecified atom stereocenters. The summed E-state index contributed by atoms with van der Waals surface area (Å²) in [6.07, 6.45) is 1.25. The van der Waals surface area contributed by atoms with Crippen LogP contribution < -0.4 is 10.1 Å². The fraction of sp³-hybridized carbons (Fsp3) is 0.333. The monoisotopic (exact) mass is 271 g/mol. The van der Waals surface area contributed by atoms with Gasteiger partial charge < -0.3 is 15.0 Å². The lowest BCUT2D eigenvalue weighted by atomic mass is 10.2. The van der Waals surface area contributed by atoms with Gasteiger partial charge in [0.15, 0.2) is 0 Å². The number of benzene rings is 1. The smallest absolute Gasteiger partial charge is 0.410 e. The quantitative estimate of drug-likeness (QED) is 0.678. The van der Waals surface area contributed by atoms with Gasteiger partial charge in [0.1, 0.15) is 5.75 Å². The normalized spacial score (nSPS) is 9.78. The number of carbonyl (C=O) groups is 1. The van der Waals surface area contributed by atoms with Crippen LogP contribution >= 0.6 is 12.4 Å². The number of hydrogen-bond donors (Lipinski definition) is 1. The first-order chi connectivity index (χ1) is 8.02. The second-order valence-corrected chi connectivity index (χ2v) is 3.80. The molecule has 0 aliphatic rings. The predicted octanol–water partition coefficient (Wildman–Crippen LogP) is 2.36. The maximum atomic E-state index is 11.0. The van der Waals surface area contributed by atoms with Gasteiger partial charge in [0.2, 0.25) is 0 Å². The van der Waals surface area contributed by atoms with Gasteiger partial charge >= 0.3 is 6.09 Å². The minimum Gasteiger partial charge on any atom is -0.410 e. The van der Waals surface area contributed by atoms with Gasteiger partial charge in [-0.05, 0) is 30.7 Å². The molecule has 6 heteroatoms.